The summed E-state index contributed by atoms with van der Waals surface area (Å²) in [7, 11) is 0. The highest BCUT2D eigenvalue weighted by molar-refractivity contribution is 7.10. The van der Waals surface area contributed by atoms with E-state index in [1.165, 1.54) is 35.3 Å². The molecule has 1 heterocycles. The standard InChI is InChI=1S/C20H26N2OS/c1-15-9-11-16(12-10-15)20(18-8-5-13-24-18)21-14-19(23)22-17-6-3-2-4-7-17/h5,8-13,17,20-21H,2-4,6-7,14H2,1H3,(H,22,23)/p+1/t20-/m0/s1. The second-order valence-corrected chi connectivity index (χ2v) is 7.73. The Morgan fingerprint density at radius 1 is 1.21 bits per heavy atom. The van der Waals surface area contributed by atoms with Crippen LogP contribution < -0.4 is 10.6 Å². The fourth-order valence-corrected chi connectivity index (χ4v) is 4.27. The van der Waals surface area contributed by atoms with E-state index in [0.29, 0.717) is 12.6 Å². The molecule has 1 saturated carbocycles. The summed E-state index contributed by atoms with van der Waals surface area (Å²) in [6, 6.07) is 13.5. The zero-order chi connectivity index (χ0) is 16.8. The van der Waals surface area contributed by atoms with E-state index in [2.05, 4.69) is 59.3 Å². The topological polar surface area (TPSA) is 45.7 Å². The molecule has 2 aromatic rings. The molecule has 24 heavy (non-hydrogen) atoms. The van der Waals surface area contributed by atoms with Crippen molar-refractivity contribution in [1.82, 2.24) is 5.32 Å². The van der Waals surface area contributed by atoms with Crippen LogP contribution in [0.25, 0.3) is 0 Å². The van der Waals surface area contributed by atoms with Gasteiger partial charge in [0.05, 0.1) is 4.88 Å². The molecule has 0 bridgehead atoms. The molecule has 1 aliphatic rings. The van der Waals surface area contributed by atoms with Gasteiger partial charge in [0, 0.05) is 11.6 Å². The van der Waals surface area contributed by atoms with Crippen molar-refractivity contribution in [1.29, 1.82) is 0 Å². The lowest BCUT2D eigenvalue weighted by Gasteiger charge is -2.23. The van der Waals surface area contributed by atoms with Crippen molar-refractivity contribution in [2.45, 2.75) is 51.1 Å². The van der Waals surface area contributed by atoms with Gasteiger partial charge in [0.1, 0.15) is 6.04 Å². The van der Waals surface area contributed by atoms with Gasteiger partial charge in [0.15, 0.2) is 6.54 Å². The van der Waals surface area contributed by atoms with Crippen LogP contribution in [0.4, 0.5) is 0 Å². The van der Waals surface area contributed by atoms with Crippen molar-refractivity contribution in [3.8, 4) is 0 Å². The largest absolute Gasteiger partial charge is 0.348 e. The number of amides is 1. The minimum atomic E-state index is 0.163. The molecule has 0 spiro atoms. The van der Waals surface area contributed by atoms with E-state index in [0.717, 1.165) is 12.8 Å². The average molecular weight is 344 g/mol. The van der Waals surface area contributed by atoms with Crippen LogP contribution in [0.15, 0.2) is 41.8 Å². The van der Waals surface area contributed by atoms with Gasteiger partial charge in [-0.2, -0.15) is 0 Å². The molecule has 1 aromatic heterocycles. The molecule has 3 nitrogen and oxygen atoms in total. The smallest absolute Gasteiger partial charge is 0.275 e. The van der Waals surface area contributed by atoms with E-state index in [4.69, 9.17) is 0 Å². The summed E-state index contributed by atoms with van der Waals surface area (Å²) in [5.41, 5.74) is 2.52. The van der Waals surface area contributed by atoms with E-state index in [1.54, 1.807) is 11.3 Å². The minimum Gasteiger partial charge on any atom is -0.348 e. The SMILES string of the molecule is Cc1ccc([C@H]([NH2+]CC(=O)NC2CCCCC2)c2cccs2)cc1. The highest BCUT2D eigenvalue weighted by Gasteiger charge is 2.21. The maximum absolute atomic E-state index is 12.3. The van der Waals surface area contributed by atoms with Crippen LogP contribution in [0.2, 0.25) is 0 Å². The zero-order valence-electron chi connectivity index (χ0n) is 14.3. The van der Waals surface area contributed by atoms with Crippen LogP contribution in [0.5, 0.6) is 0 Å². The summed E-state index contributed by atoms with van der Waals surface area (Å²) >= 11 is 1.75. The Bertz CT molecular complexity index is 630. The second-order valence-electron chi connectivity index (χ2n) is 6.75. The number of nitrogens with two attached hydrogens (primary N) is 1. The molecule has 0 aliphatic heterocycles. The van der Waals surface area contributed by atoms with Crippen LogP contribution >= 0.6 is 11.3 Å². The van der Waals surface area contributed by atoms with Gasteiger partial charge < -0.3 is 10.6 Å². The number of benzene rings is 1. The zero-order valence-corrected chi connectivity index (χ0v) is 15.1. The predicted molar refractivity (Wildman–Crippen MR) is 99.1 cm³/mol. The van der Waals surface area contributed by atoms with Gasteiger partial charge in [-0.05, 0) is 31.2 Å². The first-order valence-electron chi connectivity index (χ1n) is 8.95. The normalized spacial score (nSPS) is 16.7. The van der Waals surface area contributed by atoms with Crippen LogP contribution in [0.3, 0.4) is 0 Å². The number of quaternary nitrogens is 1. The number of aryl methyl sites for hydroxylation is 1. The molecule has 0 unspecified atom stereocenters. The lowest BCUT2D eigenvalue weighted by atomic mass is 9.95. The molecule has 128 valence electrons. The minimum absolute atomic E-state index is 0.163. The van der Waals surface area contributed by atoms with Crippen molar-refractivity contribution >= 4 is 17.2 Å². The predicted octanol–water partition coefficient (Wildman–Crippen LogP) is 3.16. The Morgan fingerprint density at radius 2 is 1.96 bits per heavy atom. The maximum atomic E-state index is 12.3. The molecule has 3 N–H and O–H groups in total. The summed E-state index contributed by atoms with van der Waals surface area (Å²) in [5, 5.41) is 7.48. The molecule has 3 rings (SSSR count). The molecule has 1 aliphatic carbocycles. The summed E-state index contributed by atoms with van der Waals surface area (Å²) in [4.78, 5) is 13.6. The molecule has 0 radical (unpaired) electrons. The molecule has 1 amide bonds. The first-order valence-corrected chi connectivity index (χ1v) is 9.83. The summed E-state index contributed by atoms with van der Waals surface area (Å²) < 4.78 is 0. The van der Waals surface area contributed by atoms with Gasteiger partial charge in [-0.3, -0.25) is 4.79 Å². The fraction of sp³-hybridized carbons (Fsp3) is 0.450. The maximum Gasteiger partial charge on any atom is 0.275 e. The molecule has 4 heteroatoms. The Hall–Kier alpha value is -1.65. The van der Waals surface area contributed by atoms with E-state index in [1.807, 2.05) is 0 Å². The van der Waals surface area contributed by atoms with Crippen LogP contribution in [0.1, 0.15) is 54.1 Å². The number of nitrogens with one attached hydrogen (secondary N) is 1. The molecule has 1 atom stereocenters. The Balaban J connectivity index is 1.62. The molecule has 1 fully saturated rings. The van der Waals surface area contributed by atoms with Crippen molar-refractivity contribution in [3.05, 3.63) is 57.8 Å². The number of rotatable bonds is 6. The number of hydrogen-bond acceptors (Lipinski definition) is 2. The first-order chi connectivity index (χ1) is 11.7. The van der Waals surface area contributed by atoms with Gasteiger partial charge in [0.2, 0.25) is 0 Å². The quantitative estimate of drug-likeness (QED) is 0.831. The van der Waals surface area contributed by atoms with Crippen molar-refractivity contribution in [2.24, 2.45) is 0 Å². The van der Waals surface area contributed by atoms with E-state index in [9.17, 15) is 4.79 Å². The van der Waals surface area contributed by atoms with Gasteiger partial charge in [-0.1, -0.05) is 55.2 Å². The highest BCUT2D eigenvalue weighted by atomic mass is 32.1. The number of thiophene rings is 1. The highest BCUT2D eigenvalue weighted by Crippen LogP contribution is 2.23. The molecular weight excluding hydrogens is 316 g/mol. The summed E-state index contributed by atoms with van der Waals surface area (Å²) in [6.45, 7) is 2.58. The lowest BCUT2D eigenvalue weighted by Crippen LogP contribution is -2.87. The van der Waals surface area contributed by atoms with Gasteiger partial charge in [-0.15, -0.1) is 11.3 Å². The van der Waals surface area contributed by atoms with Crippen LogP contribution in [0, 0.1) is 6.92 Å². The van der Waals surface area contributed by atoms with Gasteiger partial charge in [0.25, 0.3) is 5.91 Å². The Morgan fingerprint density at radius 3 is 2.62 bits per heavy atom. The second kappa shape index (κ2) is 8.45. The third kappa shape index (κ3) is 4.68. The Labute approximate surface area is 148 Å². The molecular formula is C20H27N2OS+. The summed E-state index contributed by atoms with van der Waals surface area (Å²) in [6.07, 6.45) is 6.08. The monoisotopic (exact) mass is 343 g/mol. The number of carbonyl (C=O) groups is 1. The van der Waals surface area contributed by atoms with E-state index < -0.39 is 0 Å². The third-order valence-corrected chi connectivity index (χ3v) is 5.75. The first kappa shape index (κ1) is 17.2. The number of hydrogen-bond donors (Lipinski definition) is 2. The summed E-state index contributed by atoms with van der Waals surface area (Å²) in [5.74, 6) is 0.163. The molecule has 1 aromatic carbocycles. The van der Waals surface area contributed by atoms with Crippen LogP contribution in [-0.4, -0.2) is 18.5 Å². The molecule has 0 saturated heterocycles. The number of carbonyl (C=O) groups excluding carboxylic acids is 1. The van der Waals surface area contributed by atoms with Crippen LogP contribution in [-0.2, 0) is 4.79 Å². The van der Waals surface area contributed by atoms with Gasteiger partial charge in [-0.25, -0.2) is 0 Å². The van der Waals surface area contributed by atoms with Gasteiger partial charge >= 0.3 is 0 Å². The Kier molecular flexibility index (Phi) is 6.05. The van der Waals surface area contributed by atoms with E-state index >= 15 is 0 Å². The van der Waals surface area contributed by atoms with Crippen molar-refractivity contribution in [3.63, 3.8) is 0 Å². The van der Waals surface area contributed by atoms with Crippen molar-refractivity contribution < 1.29 is 10.1 Å². The average Bonchev–Trinajstić information content (AvgIpc) is 3.12. The van der Waals surface area contributed by atoms with E-state index in [-0.39, 0.29) is 11.9 Å². The third-order valence-electron chi connectivity index (χ3n) is 4.80. The lowest BCUT2D eigenvalue weighted by molar-refractivity contribution is -0.676. The fourth-order valence-electron chi connectivity index (χ4n) is 3.42. The van der Waals surface area contributed by atoms with Crippen molar-refractivity contribution in [2.75, 3.05) is 6.54 Å².